The molecular weight excluding hydrogens is 463 g/mol. The van der Waals surface area contributed by atoms with Gasteiger partial charge in [-0.15, -0.1) is 0 Å². The van der Waals surface area contributed by atoms with E-state index in [0.29, 0.717) is 43.5 Å². The van der Waals surface area contributed by atoms with Crippen LogP contribution in [0.5, 0.6) is 0 Å². The van der Waals surface area contributed by atoms with E-state index < -0.39 is 29.3 Å². The van der Waals surface area contributed by atoms with Crippen molar-refractivity contribution in [3.05, 3.63) is 71.2 Å². The van der Waals surface area contributed by atoms with Crippen LogP contribution in [0.3, 0.4) is 0 Å². The van der Waals surface area contributed by atoms with E-state index in [9.17, 15) is 30.7 Å². The van der Waals surface area contributed by atoms with Crippen molar-refractivity contribution in [1.82, 2.24) is 9.88 Å². The van der Waals surface area contributed by atoms with Gasteiger partial charge in [-0.05, 0) is 49.7 Å². The molecule has 3 rings (SSSR count). The number of rotatable bonds is 9. The van der Waals surface area contributed by atoms with E-state index in [-0.39, 0.29) is 17.6 Å². The third-order valence-corrected chi connectivity index (χ3v) is 5.38. The number of hydrogen-bond donors (Lipinski definition) is 1. The molecule has 0 saturated heterocycles. The average molecular weight is 487 g/mol. The lowest BCUT2D eigenvalue weighted by Gasteiger charge is -2.24. The lowest BCUT2D eigenvalue weighted by atomic mass is 10.1. The van der Waals surface area contributed by atoms with E-state index in [4.69, 9.17) is 0 Å². The van der Waals surface area contributed by atoms with E-state index in [1.807, 2.05) is 6.92 Å². The van der Waals surface area contributed by atoms with Crippen LogP contribution in [0, 0.1) is 5.82 Å². The monoisotopic (exact) mass is 487 g/mol. The largest absolute Gasteiger partial charge is 0.416 e. The Balaban J connectivity index is 1.66. The summed E-state index contributed by atoms with van der Waals surface area (Å²) >= 11 is 0. The molecule has 0 aliphatic carbocycles. The van der Waals surface area contributed by atoms with Crippen molar-refractivity contribution in [2.75, 3.05) is 25.0 Å². The van der Waals surface area contributed by atoms with Gasteiger partial charge in [0.25, 0.3) is 0 Å². The van der Waals surface area contributed by atoms with Gasteiger partial charge in [-0.2, -0.15) is 26.3 Å². The van der Waals surface area contributed by atoms with Crippen LogP contribution >= 0.6 is 0 Å². The zero-order valence-corrected chi connectivity index (χ0v) is 18.4. The second-order valence-corrected chi connectivity index (χ2v) is 7.91. The quantitative estimate of drug-likeness (QED) is 0.257. The maximum atomic E-state index is 14.2. The number of nitrogens with zero attached hydrogens (tertiary/aromatic N) is 2. The number of nitrogens with one attached hydrogen (secondary N) is 1. The van der Waals surface area contributed by atoms with Crippen molar-refractivity contribution >= 4 is 16.6 Å². The fourth-order valence-corrected chi connectivity index (χ4v) is 3.80. The van der Waals surface area contributed by atoms with Crippen LogP contribution in [-0.4, -0.2) is 29.5 Å². The number of aromatic nitrogens is 1. The molecule has 3 aromatic rings. The van der Waals surface area contributed by atoms with Crippen LogP contribution in [0.4, 0.5) is 36.4 Å². The number of anilines is 1. The van der Waals surface area contributed by atoms with Crippen LogP contribution < -0.4 is 5.32 Å². The Labute approximate surface area is 192 Å². The van der Waals surface area contributed by atoms with Gasteiger partial charge in [-0.25, -0.2) is 4.39 Å². The molecule has 0 amide bonds. The molecule has 3 nitrogen and oxygen atoms in total. The molecule has 0 atom stereocenters. The fraction of sp³-hybridized carbons (Fsp3) is 0.375. The maximum Gasteiger partial charge on any atom is 0.416 e. The SMILES string of the molecule is CCCN(CCCNc1ccnc2cc(C(F)(F)F)ccc12)Cc1c(F)cccc1C(F)(F)F. The summed E-state index contributed by atoms with van der Waals surface area (Å²) in [4.78, 5) is 5.76. The summed E-state index contributed by atoms with van der Waals surface area (Å²) < 4.78 is 93.0. The van der Waals surface area contributed by atoms with Gasteiger partial charge in [0.1, 0.15) is 5.82 Å². The minimum absolute atomic E-state index is 0.173. The third-order valence-electron chi connectivity index (χ3n) is 5.38. The molecule has 0 aliphatic heterocycles. The lowest BCUT2D eigenvalue weighted by molar-refractivity contribution is -0.139. The third kappa shape index (κ3) is 6.37. The van der Waals surface area contributed by atoms with E-state index >= 15 is 0 Å². The summed E-state index contributed by atoms with van der Waals surface area (Å²) in [5, 5.41) is 3.68. The highest BCUT2D eigenvalue weighted by atomic mass is 19.4. The highest BCUT2D eigenvalue weighted by Gasteiger charge is 2.34. The highest BCUT2D eigenvalue weighted by Crippen LogP contribution is 2.34. The molecule has 0 aliphatic rings. The van der Waals surface area contributed by atoms with Crippen LogP contribution in [-0.2, 0) is 18.9 Å². The van der Waals surface area contributed by atoms with Gasteiger partial charge in [-0.1, -0.05) is 19.1 Å². The summed E-state index contributed by atoms with van der Waals surface area (Å²) in [6.07, 6.45) is -6.50. The Morgan fingerprint density at radius 1 is 0.941 bits per heavy atom. The summed E-state index contributed by atoms with van der Waals surface area (Å²) in [5.74, 6) is -0.893. The second-order valence-electron chi connectivity index (χ2n) is 7.91. The number of fused-ring (bicyclic) bond motifs is 1. The average Bonchev–Trinajstić information content (AvgIpc) is 2.76. The second kappa shape index (κ2) is 10.6. The lowest BCUT2D eigenvalue weighted by Crippen LogP contribution is -2.28. The van der Waals surface area contributed by atoms with Gasteiger partial charge in [-0.3, -0.25) is 9.88 Å². The van der Waals surface area contributed by atoms with Crippen molar-refractivity contribution in [2.45, 2.75) is 38.7 Å². The first-order chi connectivity index (χ1) is 16.0. The van der Waals surface area contributed by atoms with Crippen LogP contribution in [0.2, 0.25) is 0 Å². The number of alkyl halides is 6. The van der Waals surface area contributed by atoms with E-state index in [1.165, 1.54) is 12.3 Å². The highest BCUT2D eigenvalue weighted by molar-refractivity contribution is 5.91. The normalized spacial score (nSPS) is 12.5. The fourth-order valence-electron chi connectivity index (χ4n) is 3.80. The van der Waals surface area contributed by atoms with Gasteiger partial charge in [0.2, 0.25) is 0 Å². The zero-order chi connectivity index (χ0) is 24.9. The van der Waals surface area contributed by atoms with Crippen molar-refractivity contribution in [2.24, 2.45) is 0 Å². The van der Waals surface area contributed by atoms with Crippen molar-refractivity contribution in [1.29, 1.82) is 0 Å². The number of halogens is 7. The van der Waals surface area contributed by atoms with Crippen molar-refractivity contribution in [3.8, 4) is 0 Å². The standard InChI is InChI=1S/C24H24F7N3/c1-2-12-34(15-18-19(24(29,30)31)5-3-6-20(18)25)13-4-10-32-21-9-11-33-22-14-16(23(26,27)28)7-8-17(21)22/h3,5-9,11,14H,2,4,10,12-13,15H2,1H3,(H,32,33). The molecule has 10 heteroatoms. The Morgan fingerprint density at radius 2 is 1.71 bits per heavy atom. The Hall–Kier alpha value is -2.88. The molecular formula is C24H24F7N3. The molecule has 0 saturated carbocycles. The topological polar surface area (TPSA) is 28.2 Å². The molecule has 0 fully saturated rings. The van der Waals surface area contributed by atoms with E-state index in [0.717, 1.165) is 30.3 Å². The van der Waals surface area contributed by atoms with Gasteiger partial charge in [0, 0.05) is 42.5 Å². The predicted octanol–water partition coefficient (Wildman–Crippen LogP) is 7.13. The van der Waals surface area contributed by atoms with E-state index in [2.05, 4.69) is 10.3 Å². The minimum Gasteiger partial charge on any atom is -0.384 e. The first kappa shape index (κ1) is 25.7. The van der Waals surface area contributed by atoms with E-state index in [1.54, 1.807) is 11.0 Å². The molecule has 34 heavy (non-hydrogen) atoms. The first-order valence-electron chi connectivity index (χ1n) is 10.8. The van der Waals surface area contributed by atoms with Crippen molar-refractivity contribution < 1.29 is 30.7 Å². The molecule has 0 radical (unpaired) electrons. The summed E-state index contributed by atoms with van der Waals surface area (Å²) in [6.45, 7) is 3.03. The van der Waals surface area contributed by atoms with Gasteiger partial charge in [0.15, 0.2) is 0 Å². The summed E-state index contributed by atoms with van der Waals surface area (Å²) in [5.41, 5.74) is -1.34. The smallest absolute Gasteiger partial charge is 0.384 e. The number of pyridine rings is 1. The summed E-state index contributed by atoms with van der Waals surface area (Å²) in [7, 11) is 0. The maximum absolute atomic E-state index is 14.2. The van der Waals surface area contributed by atoms with Crippen molar-refractivity contribution in [3.63, 3.8) is 0 Å². The van der Waals surface area contributed by atoms with Crippen LogP contribution in [0.15, 0.2) is 48.7 Å². The predicted molar refractivity (Wildman–Crippen MR) is 117 cm³/mol. The Kier molecular flexibility index (Phi) is 8.01. The molecule has 1 aromatic heterocycles. The van der Waals surface area contributed by atoms with Gasteiger partial charge in [0.05, 0.1) is 16.6 Å². The molecule has 0 unspecified atom stereocenters. The Morgan fingerprint density at radius 3 is 2.38 bits per heavy atom. The van der Waals surface area contributed by atoms with Crippen LogP contribution in [0.1, 0.15) is 36.5 Å². The molecule has 1 N–H and O–H groups in total. The summed E-state index contributed by atoms with van der Waals surface area (Å²) in [6, 6.07) is 7.92. The molecule has 2 aromatic carbocycles. The molecule has 184 valence electrons. The zero-order valence-electron chi connectivity index (χ0n) is 18.4. The molecule has 1 heterocycles. The van der Waals surface area contributed by atoms with Gasteiger partial charge >= 0.3 is 12.4 Å². The van der Waals surface area contributed by atoms with Gasteiger partial charge < -0.3 is 5.32 Å². The first-order valence-corrected chi connectivity index (χ1v) is 10.8. The van der Waals surface area contributed by atoms with Crippen LogP contribution in [0.25, 0.3) is 10.9 Å². The molecule has 0 bridgehead atoms. The Bertz CT molecular complexity index is 1110. The minimum atomic E-state index is -4.65. The molecule has 0 spiro atoms. The number of hydrogen-bond acceptors (Lipinski definition) is 3. The number of benzene rings is 2.